The van der Waals surface area contributed by atoms with Gasteiger partial charge < -0.3 is 0 Å². The first-order chi connectivity index (χ1) is 8.18. The molecule has 4 heteroatoms. The summed E-state index contributed by atoms with van der Waals surface area (Å²) in [5.74, 6) is -0.190. The minimum absolute atomic E-state index is 0.190. The molecule has 0 rings (SSSR count). The molecule has 0 unspecified atom stereocenters. The minimum atomic E-state index is -0.190. The third-order valence-electron chi connectivity index (χ3n) is 2.95. The Kier molecular flexibility index (Phi) is 12.7. The maximum atomic E-state index is 11.0. The Balaban J connectivity index is 3.06. The summed E-state index contributed by atoms with van der Waals surface area (Å²) in [5.41, 5.74) is 0. The zero-order valence-electron chi connectivity index (χ0n) is 11.0. The van der Waals surface area contributed by atoms with E-state index in [9.17, 15) is 4.79 Å². The van der Waals surface area contributed by atoms with Crippen molar-refractivity contribution in [1.82, 2.24) is 3.28 Å². The third kappa shape index (κ3) is 12.4. The van der Waals surface area contributed by atoms with Gasteiger partial charge in [-0.1, -0.05) is 64.7 Å². The van der Waals surface area contributed by atoms with Crippen LogP contribution in [0.1, 0.15) is 77.6 Å². The highest BCUT2D eigenvalue weighted by atomic mass is 127. The van der Waals surface area contributed by atoms with E-state index in [0.29, 0.717) is 9.70 Å². The van der Waals surface area contributed by atoms with Crippen LogP contribution in [0.2, 0.25) is 0 Å². The molecule has 0 atom stereocenters. The van der Waals surface area contributed by atoms with Crippen LogP contribution >= 0.6 is 22.9 Å². The highest BCUT2D eigenvalue weighted by molar-refractivity contribution is 14.1. The van der Waals surface area contributed by atoms with E-state index < -0.39 is 0 Å². The minimum Gasteiger partial charge on any atom is -0.276 e. The molecule has 0 saturated carbocycles. The largest absolute Gasteiger partial charge is 0.276 e. The van der Waals surface area contributed by atoms with Crippen molar-refractivity contribution < 1.29 is 10.0 Å². The molecular formula is C13H26INO2. The number of hydrogen-bond acceptors (Lipinski definition) is 2. The lowest BCUT2D eigenvalue weighted by molar-refractivity contribution is -0.141. The lowest BCUT2D eigenvalue weighted by Crippen LogP contribution is -2.15. The van der Waals surface area contributed by atoms with Gasteiger partial charge in [0.1, 0.15) is 0 Å². The van der Waals surface area contributed by atoms with Crippen LogP contribution in [0.25, 0.3) is 0 Å². The molecule has 0 radical (unpaired) electrons. The lowest BCUT2D eigenvalue weighted by atomic mass is 10.1. The Morgan fingerprint density at radius 2 is 1.35 bits per heavy atom. The van der Waals surface area contributed by atoms with Crippen molar-refractivity contribution >= 4 is 28.8 Å². The van der Waals surface area contributed by atoms with Gasteiger partial charge in [0, 0.05) is 6.42 Å². The van der Waals surface area contributed by atoms with Crippen LogP contribution in [0, 0.1) is 0 Å². The van der Waals surface area contributed by atoms with Crippen LogP contribution < -0.4 is 0 Å². The number of carbonyl (C=O) groups is 1. The second kappa shape index (κ2) is 12.6. The summed E-state index contributed by atoms with van der Waals surface area (Å²) in [4.78, 5) is 11.0. The molecule has 0 fully saturated rings. The van der Waals surface area contributed by atoms with E-state index in [4.69, 9.17) is 5.21 Å². The monoisotopic (exact) mass is 355 g/mol. The second-order valence-electron chi connectivity index (χ2n) is 4.59. The van der Waals surface area contributed by atoms with Gasteiger partial charge in [-0.3, -0.25) is 10.0 Å². The molecule has 0 aromatic heterocycles. The average Bonchev–Trinajstić information content (AvgIpc) is 2.31. The highest BCUT2D eigenvalue weighted by Crippen LogP contribution is 2.12. The van der Waals surface area contributed by atoms with Crippen LogP contribution in [-0.2, 0) is 4.79 Å². The molecule has 0 aromatic carbocycles. The molecule has 102 valence electrons. The smallest absolute Gasteiger partial charge is 0.255 e. The predicted molar refractivity (Wildman–Crippen MR) is 79.1 cm³/mol. The van der Waals surface area contributed by atoms with E-state index in [0.717, 1.165) is 12.8 Å². The molecule has 0 aliphatic carbocycles. The number of halogens is 1. The predicted octanol–water partition coefficient (Wildman–Crippen LogP) is 4.87. The Morgan fingerprint density at radius 3 is 1.76 bits per heavy atom. The number of rotatable bonds is 11. The SMILES string of the molecule is CCCCCCCCCCCCC(=O)N(O)I. The normalized spacial score (nSPS) is 10.5. The number of hydroxylamine groups is 1. The van der Waals surface area contributed by atoms with E-state index in [1.807, 2.05) is 0 Å². The number of unbranched alkanes of at least 4 members (excludes halogenated alkanes) is 9. The van der Waals surface area contributed by atoms with Gasteiger partial charge in [0.2, 0.25) is 0 Å². The van der Waals surface area contributed by atoms with Gasteiger partial charge in [0.15, 0.2) is 0 Å². The van der Waals surface area contributed by atoms with Crippen molar-refractivity contribution in [3.05, 3.63) is 0 Å². The van der Waals surface area contributed by atoms with Gasteiger partial charge in [-0.2, -0.15) is 3.28 Å². The maximum absolute atomic E-state index is 11.0. The molecule has 1 N–H and O–H groups in total. The summed E-state index contributed by atoms with van der Waals surface area (Å²) >= 11 is 1.60. The number of carbonyl (C=O) groups excluding carboxylic acids is 1. The van der Waals surface area contributed by atoms with Crippen molar-refractivity contribution in [2.75, 3.05) is 0 Å². The molecule has 0 saturated heterocycles. The molecule has 0 aliphatic rings. The Labute approximate surface area is 119 Å². The first kappa shape index (κ1) is 17.2. The van der Waals surface area contributed by atoms with E-state index in [-0.39, 0.29) is 5.91 Å². The molecular weight excluding hydrogens is 329 g/mol. The van der Waals surface area contributed by atoms with Gasteiger partial charge in [-0.05, 0) is 6.42 Å². The zero-order chi connectivity index (χ0) is 12.9. The van der Waals surface area contributed by atoms with Crippen LogP contribution in [0.5, 0.6) is 0 Å². The summed E-state index contributed by atoms with van der Waals surface area (Å²) in [6.45, 7) is 2.24. The first-order valence-corrected chi connectivity index (χ1v) is 7.82. The van der Waals surface area contributed by atoms with Crippen LogP contribution in [0.3, 0.4) is 0 Å². The zero-order valence-corrected chi connectivity index (χ0v) is 13.1. The number of amides is 1. The van der Waals surface area contributed by atoms with Crippen molar-refractivity contribution in [2.45, 2.75) is 77.6 Å². The quantitative estimate of drug-likeness (QED) is 0.189. The fourth-order valence-electron chi connectivity index (χ4n) is 1.86. The van der Waals surface area contributed by atoms with Gasteiger partial charge >= 0.3 is 0 Å². The number of nitrogens with zero attached hydrogens (tertiary/aromatic N) is 1. The highest BCUT2D eigenvalue weighted by Gasteiger charge is 2.05. The summed E-state index contributed by atoms with van der Waals surface area (Å²) in [6.07, 6.45) is 13.1. The molecule has 17 heavy (non-hydrogen) atoms. The molecule has 3 nitrogen and oxygen atoms in total. The molecule has 0 heterocycles. The Hall–Kier alpha value is 0.160. The van der Waals surface area contributed by atoms with Gasteiger partial charge in [0.25, 0.3) is 5.91 Å². The van der Waals surface area contributed by atoms with E-state index in [2.05, 4.69) is 6.92 Å². The second-order valence-corrected chi connectivity index (χ2v) is 5.50. The van der Waals surface area contributed by atoms with Crippen molar-refractivity contribution in [2.24, 2.45) is 0 Å². The van der Waals surface area contributed by atoms with Crippen molar-refractivity contribution in [3.8, 4) is 0 Å². The maximum Gasteiger partial charge on any atom is 0.255 e. The molecule has 0 aliphatic heterocycles. The molecule has 0 aromatic rings. The summed E-state index contributed by atoms with van der Waals surface area (Å²) in [5, 5.41) is 8.83. The van der Waals surface area contributed by atoms with Crippen LogP contribution in [0.15, 0.2) is 0 Å². The molecule has 1 amide bonds. The van der Waals surface area contributed by atoms with Gasteiger partial charge in [-0.25, -0.2) is 0 Å². The van der Waals surface area contributed by atoms with Crippen LogP contribution in [0.4, 0.5) is 0 Å². The standard InChI is InChI=1S/C13H26INO2/c1-2-3-4-5-6-7-8-9-10-11-12-13(16)15(14)17/h17H,2-12H2,1H3. The fourth-order valence-corrected chi connectivity index (χ4v) is 2.10. The van der Waals surface area contributed by atoms with E-state index in [1.54, 1.807) is 22.9 Å². The topological polar surface area (TPSA) is 40.5 Å². The number of hydrogen-bond donors (Lipinski definition) is 1. The third-order valence-corrected chi connectivity index (χ3v) is 3.49. The first-order valence-electron chi connectivity index (χ1n) is 6.86. The summed E-state index contributed by atoms with van der Waals surface area (Å²) < 4.78 is 0.658. The average molecular weight is 355 g/mol. The summed E-state index contributed by atoms with van der Waals surface area (Å²) in [7, 11) is 0. The van der Waals surface area contributed by atoms with Gasteiger partial charge in [-0.15, -0.1) is 0 Å². The van der Waals surface area contributed by atoms with E-state index >= 15 is 0 Å². The van der Waals surface area contributed by atoms with Crippen molar-refractivity contribution in [1.29, 1.82) is 0 Å². The Bertz CT molecular complexity index is 186. The van der Waals surface area contributed by atoms with Crippen LogP contribution in [-0.4, -0.2) is 14.4 Å². The molecule has 0 bridgehead atoms. The lowest BCUT2D eigenvalue weighted by Gasteiger charge is -2.05. The van der Waals surface area contributed by atoms with E-state index in [1.165, 1.54) is 51.4 Å². The molecule has 0 spiro atoms. The Morgan fingerprint density at radius 1 is 0.941 bits per heavy atom. The summed E-state index contributed by atoms with van der Waals surface area (Å²) in [6, 6.07) is 0. The fraction of sp³-hybridized carbons (Fsp3) is 0.923. The van der Waals surface area contributed by atoms with Crippen molar-refractivity contribution in [3.63, 3.8) is 0 Å². The van der Waals surface area contributed by atoms with Gasteiger partial charge in [0.05, 0.1) is 22.9 Å².